The van der Waals surface area contributed by atoms with E-state index in [2.05, 4.69) is 31.0 Å². The maximum Gasteiger partial charge on any atom is 0.320 e. The first kappa shape index (κ1) is 22.4. The smallest absolute Gasteiger partial charge is 0.320 e. The van der Waals surface area contributed by atoms with E-state index in [1.54, 1.807) is 29.2 Å². The molecule has 10 nitrogen and oxygen atoms in total. The minimum absolute atomic E-state index is 0.0208. The Hall–Kier alpha value is -4.41. The molecule has 1 aliphatic rings. The number of nitrogens with two attached hydrogens (primary N) is 1. The van der Waals surface area contributed by atoms with Gasteiger partial charge in [-0.15, -0.1) is 0 Å². The number of amides is 2. The summed E-state index contributed by atoms with van der Waals surface area (Å²) in [7, 11) is 1.81. The largest absolute Gasteiger partial charge is 0.474 e. The van der Waals surface area contributed by atoms with Crippen LogP contribution < -0.4 is 26.4 Å². The first-order valence-corrected chi connectivity index (χ1v) is 11.1. The molecule has 3 aromatic heterocycles. The number of aryl methyl sites for hydroxylation is 1. The number of nitrogens with zero attached hydrogens (tertiary/aromatic N) is 4. The van der Waals surface area contributed by atoms with Crippen molar-refractivity contribution < 1.29 is 13.9 Å². The van der Waals surface area contributed by atoms with Gasteiger partial charge in [0.15, 0.2) is 5.82 Å². The third-order valence-electron chi connectivity index (χ3n) is 6.05. The molecule has 1 aromatic carbocycles. The van der Waals surface area contributed by atoms with Crippen LogP contribution >= 0.6 is 0 Å². The molecule has 5 N–H and O–H groups in total. The monoisotopic (exact) mass is 476 g/mol. The van der Waals surface area contributed by atoms with E-state index in [0.29, 0.717) is 46.7 Å². The number of nitrogen functional groups attached to an aromatic ring is 1. The standard InChI is InChI=1S/C24H25FN8O2/c1-12-17(9-29-23-22(12)27-4-5-35-23)16-6-14-7-19(28-10-18(14)21(26)20(16)25)32-24(34)31-13(2)15-8-30-33(3)11-15/h6-11,13,27H,4-5,26H2,1-3H3,(H2,28,31,32,34)/t13-/m1/s1. The van der Waals surface area contributed by atoms with Crippen LogP contribution in [-0.2, 0) is 7.05 Å². The number of carbonyl (C=O) groups excluding carboxylic acids is 1. The predicted molar refractivity (Wildman–Crippen MR) is 132 cm³/mol. The third kappa shape index (κ3) is 4.16. The summed E-state index contributed by atoms with van der Waals surface area (Å²) in [6.45, 7) is 4.90. The number of urea groups is 1. The molecule has 0 bridgehead atoms. The van der Waals surface area contributed by atoms with Crippen molar-refractivity contribution in [1.29, 1.82) is 0 Å². The Morgan fingerprint density at radius 1 is 1.26 bits per heavy atom. The fourth-order valence-electron chi connectivity index (χ4n) is 4.15. The average molecular weight is 477 g/mol. The normalized spacial score (nSPS) is 13.5. The first-order chi connectivity index (χ1) is 16.8. The second-order valence-electron chi connectivity index (χ2n) is 8.46. The van der Waals surface area contributed by atoms with Crippen LogP contribution in [0.5, 0.6) is 5.88 Å². The lowest BCUT2D eigenvalue weighted by molar-refractivity contribution is 0.249. The molecule has 180 valence electrons. The van der Waals surface area contributed by atoms with Crippen molar-refractivity contribution in [3.63, 3.8) is 0 Å². The maximum absolute atomic E-state index is 15.3. The molecule has 4 aromatic rings. The molecule has 11 heteroatoms. The van der Waals surface area contributed by atoms with Gasteiger partial charge in [-0.05, 0) is 36.9 Å². The third-order valence-corrected chi connectivity index (χ3v) is 6.05. The number of carbonyl (C=O) groups is 1. The van der Waals surface area contributed by atoms with E-state index in [4.69, 9.17) is 10.5 Å². The molecule has 0 saturated carbocycles. The van der Waals surface area contributed by atoms with E-state index in [-0.39, 0.29) is 11.7 Å². The average Bonchev–Trinajstić information content (AvgIpc) is 3.28. The number of hydrogen-bond donors (Lipinski definition) is 4. The number of anilines is 3. The Morgan fingerprint density at radius 2 is 2.09 bits per heavy atom. The summed E-state index contributed by atoms with van der Waals surface area (Å²) in [6.07, 6.45) is 6.55. The number of nitrogens with one attached hydrogen (secondary N) is 3. The highest BCUT2D eigenvalue weighted by Gasteiger charge is 2.21. The number of fused-ring (bicyclic) bond motifs is 2. The summed E-state index contributed by atoms with van der Waals surface area (Å²) in [5, 5.41) is 14.0. The lowest BCUT2D eigenvalue weighted by atomic mass is 9.97. The van der Waals surface area contributed by atoms with Gasteiger partial charge in [-0.3, -0.25) is 10.00 Å². The number of ether oxygens (including phenoxy) is 1. The van der Waals surface area contributed by atoms with Gasteiger partial charge >= 0.3 is 6.03 Å². The van der Waals surface area contributed by atoms with Crippen LogP contribution in [0.15, 0.2) is 36.9 Å². The fraction of sp³-hybridized carbons (Fsp3) is 0.250. The molecular weight excluding hydrogens is 451 g/mol. The van der Waals surface area contributed by atoms with Gasteiger partial charge in [0.1, 0.15) is 18.1 Å². The van der Waals surface area contributed by atoms with Crippen LogP contribution in [0.2, 0.25) is 0 Å². The Bertz CT molecular complexity index is 1450. The van der Waals surface area contributed by atoms with Gasteiger partial charge in [-0.2, -0.15) is 5.10 Å². The summed E-state index contributed by atoms with van der Waals surface area (Å²) < 4.78 is 22.6. The van der Waals surface area contributed by atoms with Gasteiger partial charge < -0.3 is 21.1 Å². The lowest BCUT2D eigenvalue weighted by Crippen LogP contribution is -2.31. The number of hydrogen-bond acceptors (Lipinski definition) is 7. The summed E-state index contributed by atoms with van der Waals surface area (Å²) in [5.41, 5.74) is 9.45. The van der Waals surface area contributed by atoms with E-state index in [1.165, 1.54) is 6.20 Å². The van der Waals surface area contributed by atoms with Crippen LogP contribution in [0.4, 0.5) is 26.4 Å². The van der Waals surface area contributed by atoms with Gasteiger partial charge in [0.05, 0.1) is 17.9 Å². The van der Waals surface area contributed by atoms with Gasteiger partial charge in [0.25, 0.3) is 0 Å². The van der Waals surface area contributed by atoms with E-state index in [1.807, 2.05) is 27.1 Å². The van der Waals surface area contributed by atoms with Crippen molar-refractivity contribution in [3.8, 4) is 17.0 Å². The van der Waals surface area contributed by atoms with Crippen molar-refractivity contribution in [2.24, 2.45) is 7.05 Å². The molecule has 35 heavy (non-hydrogen) atoms. The summed E-state index contributed by atoms with van der Waals surface area (Å²) >= 11 is 0. The van der Waals surface area contributed by atoms with Crippen molar-refractivity contribution in [2.45, 2.75) is 19.9 Å². The zero-order valence-corrected chi connectivity index (χ0v) is 19.5. The molecule has 0 spiro atoms. The maximum atomic E-state index is 15.3. The van der Waals surface area contributed by atoms with Crippen LogP contribution in [0, 0.1) is 12.7 Å². The van der Waals surface area contributed by atoms with Crippen LogP contribution in [0.25, 0.3) is 21.9 Å². The highest BCUT2D eigenvalue weighted by atomic mass is 19.1. The highest BCUT2D eigenvalue weighted by Crippen LogP contribution is 2.39. The van der Waals surface area contributed by atoms with Crippen molar-refractivity contribution in [1.82, 2.24) is 25.1 Å². The Kier molecular flexibility index (Phi) is 5.59. The minimum Gasteiger partial charge on any atom is -0.474 e. The molecular formula is C24H25FN8O2. The van der Waals surface area contributed by atoms with Crippen LogP contribution in [0.3, 0.4) is 0 Å². The molecule has 5 rings (SSSR count). The van der Waals surface area contributed by atoms with Crippen molar-refractivity contribution in [2.75, 3.05) is 29.5 Å². The predicted octanol–water partition coefficient (Wildman–Crippen LogP) is 3.75. The lowest BCUT2D eigenvalue weighted by Gasteiger charge is -2.22. The first-order valence-electron chi connectivity index (χ1n) is 11.1. The van der Waals surface area contributed by atoms with Crippen LogP contribution in [-0.4, -0.2) is 38.9 Å². The Morgan fingerprint density at radius 3 is 2.86 bits per heavy atom. The van der Waals surface area contributed by atoms with Gasteiger partial charge in [-0.25, -0.2) is 19.2 Å². The van der Waals surface area contributed by atoms with E-state index >= 15 is 4.39 Å². The number of rotatable bonds is 4. The molecule has 1 aliphatic heterocycles. The second-order valence-corrected chi connectivity index (χ2v) is 8.46. The van der Waals surface area contributed by atoms with E-state index < -0.39 is 11.8 Å². The number of benzene rings is 1. The molecule has 0 unspecified atom stereocenters. The zero-order chi connectivity index (χ0) is 24.7. The molecule has 0 fully saturated rings. The molecule has 1 atom stereocenters. The van der Waals surface area contributed by atoms with Crippen molar-refractivity contribution >= 4 is 34.0 Å². The summed E-state index contributed by atoms with van der Waals surface area (Å²) in [6, 6.07) is 2.66. The molecule has 4 heterocycles. The Balaban J connectivity index is 1.45. The molecule has 0 radical (unpaired) electrons. The quantitative estimate of drug-likeness (QED) is 0.330. The topological polar surface area (TPSA) is 132 Å². The highest BCUT2D eigenvalue weighted by molar-refractivity contribution is 6.00. The SMILES string of the molecule is Cc1c(-c2cc3cc(NC(=O)N[C@H](C)c4cnn(C)c4)ncc3c(N)c2F)cnc2c1NCCO2. The molecule has 2 amide bonds. The van der Waals surface area contributed by atoms with Gasteiger partial charge in [0, 0.05) is 54.3 Å². The van der Waals surface area contributed by atoms with Crippen LogP contribution in [0.1, 0.15) is 24.1 Å². The van der Waals surface area contributed by atoms with E-state index in [9.17, 15) is 4.79 Å². The fourth-order valence-corrected chi connectivity index (χ4v) is 4.15. The Labute approximate surface area is 200 Å². The number of aromatic nitrogens is 4. The van der Waals surface area contributed by atoms with Crippen molar-refractivity contribution in [3.05, 3.63) is 53.9 Å². The minimum atomic E-state index is -0.551. The number of pyridine rings is 2. The molecule has 0 saturated heterocycles. The zero-order valence-electron chi connectivity index (χ0n) is 19.5. The molecule has 0 aliphatic carbocycles. The summed E-state index contributed by atoms with van der Waals surface area (Å²) in [4.78, 5) is 21.1. The summed E-state index contributed by atoms with van der Waals surface area (Å²) in [5.74, 6) is 0.249. The van der Waals surface area contributed by atoms with Gasteiger partial charge in [0.2, 0.25) is 5.88 Å². The number of halogens is 1. The second kappa shape index (κ2) is 8.75. The van der Waals surface area contributed by atoms with Gasteiger partial charge in [-0.1, -0.05) is 0 Å². The van der Waals surface area contributed by atoms with E-state index in [0.717, 1.165) is 16.8 Å².